The highest BCUT2D eigenvalue weighted by Gasteiger charge is 2.39. The van der Waals surface area contributed by atoms with Crippen LogP contribution in [0.2, 0.25) is 0 Å². The molecule has 2 aliphatic heterocycles. The lowest BCUT2D eigenvalue weighted by molar-refractivity contribution is -0.0424. The molecule has 5 heteroatoms. The number of benzene rings is 1. The Labute approximate surface area is 118 Å². The summed E-state index contributed by atoms with van der Waals surface area (Å²) in [6.45, 7) is 1.61. The van der Waals surface area contributed by atoms with Crippen molar-refractivity contribution in [2.24, 2.45) is 11.1 Å². The molecule has 108 valence electrons. The van der Waals surface area contributed by atoms with Crippen LogP contribution < -0.4 is 0 Å². The van der Waals surface area contributed by atoms with Gasteiger partial charge in [-0.05, 0) is 12.0 Å². The Balaban J connectivity index is 1.46. The fourth-order valence-electron chi connectivity index (χ4n) is 2.63. The van der Waals surface area contributed by atoms with E-state index in [1.54, 1.807) is 0 Å². The van der Waals surface area contributed by atoms with Gasteiger partial charge in [-0.25, -0.2) is 0 Å². The molecular formula is C15H19NO4. The zero-order valence-corrected chi connectivity index (χ0v) is 11.3. The second kappa shape index (κ2) is 6.35. The van der Waals surface area contributed by atoms with E-state index in [4.69, 9.17) is 14.3 Å². The van der Waals surface area contributed by atoms with Gasteiger partial charge in [0.15, 0.2) is 6.10 Å². The number of fused-ring (bicyclic) bond motifs is 1. The third kappa shape index (κ3) is 3.00. The largest absolute Gasteiger partial charge is 0.392 e. The molecule has 3 rings (SSSR count). The van der Waals surface area contributed by atoms with Gasteiger partial charge in [0, 0.05) is 5.92 Å². The second-order valence-electron chi connectivity index (χ2n) is 5.18. The van der Waals surface area contributed by atoms with Crippen molar-refractivity contribution in [3.63, 3.8) is 0 Å². The molecule has 0 radical (unpaired) electrons. The van der Waals surface area contributed by atoms with E-state index in [-0.39, 0.29) is 24.7 Å². The SMILES string of the molecule is OC[C@@H]1ON=C2CO[C@@H](COCc3ccccc3)C[C@H]21. The maximum atomic E-state index is 9.25. The lowest BCUT2D eigenvalue weighted by Gasteiger charge is -2.28. The fourth-order valence-corrected chi connectivity index (χ4v) is 2.63. The van der Waals surface area contributed by atoms with Gasteiger partial charge in [-0.1, -0.05) is 35.5 Å². The maximum Gasteiger partial charge on any atom is 0.158 e. The summed E-state index contributed by atoms with van der Waals surface area (Å²) in [5.74, 6) is 0.166. The first kappa shape index (κ1) is 13.5. The molecule has 1 aromatic rings. The molecule has 0 saturated carbocycles. The van der Waals surface area contributed by atoms with Gasteiger partial charge in [-0.15, -0.1) is 0 Å². The monoisotopic (exact) mass is 277 g/mol. The van der Waals surface area contributed by atoms with Crippen molar-refractivity contribution >= 4 is 5.71 Å². The fraction of sp³-hybridized carbons (Fsp3) is 0.533. The van der Waals surface area contributed by atoms with Gasteiger partial charge in [0.25, 0.3) is 0 Å². The third-order valence-corrected chi connectivity index (χ3v) is 3.76. The van der Waals surface area contributed by atoms with E-state index in [1.807, 2.05) is 30.3 Å². The molecule has 2 aliphatic rings. The van der Waals surface area contributed by atoms with Crippen molar-refractivity contribution in [1.82, 2.24) is 0 Å². The van der Waals surface area contributed by atoms with Crippen molar-refractivity contribution in [1.29, 1.82) is 0 Å². The highest BCUT2D eigenvalue weighted by atomic mass is 16.7. The van der Waals surface area contributed by atoms with Gasteiger partial charge >= 0.3 is 0 Å². The van der Waals surface area contributed by atoms with Gasteiger partial charge in [-0.3, -0.25) is 0 Å². The highest BCUT2D eigenvalue weighted by Crippen LogP contribution is 2.28. The second-order valence-corrected chi connectivity index (χ2v) is 5.18. The van der Waals surface area contributed by atoms with E-state index < -0.39 is 0 Å². The van der Waals surface area contributed by atoms with Crippen molar-refractivity contribution in [2.45, 2.75) is 25.2 Å². The van der Waals surface area contributed by atoms with Crippen molar-refractivity contribution in [2.75, 3.05) is 19.8 Å². The lowest BCUT2D eigenvalue weighted by atomic mass is 9.90. The van der Waals surface area contributed by atoms with Crippen LogP contribution in [0.4, 0.5) is 0 Å². The summed E-state index contributed by atoms with van der Waals surface area (Å²) in [4.78, 5) is 5.19. The Morgan fingerprint density at radius 3 is 2.95 bits per heavy atom. The minimum absolute atomic E-state index is 0.00470. The zero-order valence-electron chi connectivity index (χ0n) is 11.3. The Kier molecular flexibility index (Phi) is 4.30. The molecule has 0 amide bonds. The van der Waals surface area contributed by atoms with Crippen LogP contribution in [0.3, 0.4) is 0 Å². The molecule has 0 aliphatic carbocycles. The highest BCUT2D eigenvalue weighted by molar-refractivity contribution is 5.89. The number of ether oxygens (including phenoxy) is 2. The first-order valence-corrected chi connectivity index (χ1v) is 6.93. The van der Waals surface area contributed by atoms with E-state index >= 15 is 0 Å². The van der Waals surface area contributed by atoms with Crippen LogP contribution >= 0.6 is 0 Å². The maximum absolute atomic E-state index is 9.25. The molecule has 0 aromatic heterocycles. The summed E-state index contributed by atoms with van der Waals surface area (Å²) in [5.41, 5.74) is 2.06. The van der Waals surface area contributed by atoms with Crippen LogP contribution in [0.15, 0.2) is 35.5 Å². The molecule has 20 heavy (non-hydrogen) atoms. The number of aliphatic hydroxyl groups excluding tert-OH is 1. The minimum Gasteiger partial charge on any atom is -0.392 e. The molecule has 3 atom stereocenters. The number of rotatable bonds is 5. The summed E-state index contributed by atoms with van der Waals surface area (Å²) in [7, 11) is 0. The van der Waals surface area contributed by atoms with Crippen molar-refractivity contribution < 1.29 is 19.4 Å². The van der Waals surface area contributed by atoms with Crippen LogP contribution in [-0.2, 0) is 20.9 Å². The number of hydrogen-bond acceptors (Lipinski definition) is 5. The molecule has 2 heterocycles. The van der Waals surface area contributed by atoms with Gasteiger partial charge in [0.1, 0.15) is 0 Å². The minimum atomic E-state index is -0.217. The smallest absolute Gasteiger partial charge is 0.158 e. The van der Waals surface area contributed by atoms with Gasteiger partial charge in [-0.2, -0.15) is 0 Å². The molecule has 1 saturated heterocycles. The van der Waals surface area contributed by atoms with E-state index in [0.717, 1.165) is 17.7 Å². The zero-order chi connectivity index (χ0) is 13.8. The summed E-state index contributed by atoms with van der Waals surface area (Å²) in [5, 5.41) is 13.2. The molecule has 1 fully saturated rings. The predicted molar refractivity (Wildman–Crippen MR) is 73.3 cm³/mol. The lowest BCUT2D eigenvalue weighted by Crippen LogP contribution is -2.40. The van der Waals surface area contributed by atoms with Crippen LogP contribution in [0.5, 0.6) is 0 Å². The standard InChI is InChI=1S/C15H19NO4/c17-7-15-13-6-12(19-10-14(13)16-20-15)9-18-8-11-4-2-1-3-5-11/h1-5,12-13,15,17H,6-10H2/t12-,13-,15+/m1/s1. The average molecular weight is 277 g/mol. The van der Waals surface area contributed by atoms with Gasteiger partial charge in [0.05, 0.1) is 38.2 Å². The summed E-state index contributed by atoms with van der Waals surface area (Å²) in [6.07, 6.45) is 0.614. The summed E-state index contributed by atoms with van der Waals surface area (Å²) >= 11 is 0. The van der Waals surface area contributed by atoms with E-state index in [9.17, 15) is 5.11 Å². The molecule has 0 unspecified atom stereocenters. The Morgan fingerprint density at radius 1 is 1.30 bits per heavy atom. The van der Waals surface area contributed by atoms with E-state index in [0.29, 0.717) is 19.8 Å². The topological polar surface area (TPSA) is 60.3 Å². The first-order valence-electron chi connectivity index (χ1n) is 6.93. The van der Waals surface area contributed by atoms with E-state index in [1.165, 1.54) is 0 Å². The van der Waals surface area contributed by atoms with Crippen LogP contribution in [0, 0.1) is 5.92 Å². The number of oxime groups is 1. The van der Waals surface area contributed by atoms with Crippen molar-refractivity contribution in [3.8, 4) is 0 Å². The third-order valence-electron chi connectivity index (χ3n) is 3.76. The molecular weight excluding hydrogens is 258 g/mol. The number of hydrogen-bond donors (Lipinski definition) is 1. The van der Waals surface area contributed by atoms with Crippen LogP contribution in [-0.4, -0.2) is 42.8 Å². The molecule has 1 N–H and O–H groups in total. The number of nitrogens with zero attached hydrogens (tertiary/aromatic N) is 1. The van der Waals surface area contributed by atoms with Gasteiger partial charge in [0.2, 0.25) is 0 Å². The predicted octanol–water partition coefficient (Wildman–Crippen LogP) is 1.36. The first-order chi connectivity index (χ1) is 9.86. The normalized spacial score (nSPS) is 28.6. The average Bonchev–Trinajstić information content (AvgIpc) is 2.91. The van der Waals surface area contributed by atoms with Crippen molar-refractivity contribution in [3.05, 3.63) is 35.9 Å². The van der Waals surface area contributed by atoms with Crippen LogP contribution in [0.1, 0.15) is 12.0 Å². The summed E-state index contributed by atoms with van der Waals surface area (Å²) < 4.78 is 11.4. The summed E-state index contributed by atoms with van der Waals surface area (Å²) in [6, 6.07) is 10.1. The Morgan fingerprint density at radius 2 is 2.15 bits per heavy atom. The Bertz CT molecular complexity index is 462. The molecule has 1 aromatic carbocycles. The van der Waals surface area contributed by atoms with Crippen LogP contribution in [0.25, 0.3) is 0 Å². The number of aliphatic hydroxyl groups is 1. The molecule has 0 bridgehead atoms. The molecule has 0 spiro atoms. The molecule has 5 nitrogen and oxygen atoms in total. The van der Waals surface area contributed by atoms with Gasteiger partial charge < -0.3 is 19.4 Å². The quantitative estimate of drug-likeness (QED) is 0.882. The Hall–Kier alpha value is -1.43. The van der Waals surface area contributed by atoms with E-state index in [2.05, 4.69) is 5.16 Å².